The molecular weight excluding hydrogens is 338 g/mol. The summed E-state index contributed by atoms with van der Waals surface area (Å²) < 4.78 is 32.3. The predicted molar refractivity (Wildman–Crippen MR) is 103 cm³/mol. The van der Waals surface area contributed by atoms with E-state index in [-0.39, 0.29) is 0 Å². The number of unbranched alkanes of at least 4 members (excludes halogenated alkanes) is 4. The van der Waals surface area contributed by atoms with E-state index in [2.05, 4.69) is 6.92 Å². The first-order chi connectivity index (χ1) is 12.9. The third-order valence-electron chi connectivity index (χ3n) is 3.51. The van der Waals surface area contributed by atoms with E-state index in [1.165, 1.54) is 25.7 Å². The minimum absolute atomic E-state index is 0.543. The zero-order chi connectivity index (χ0) is 19.0. The van der Waals surface area contributed by atoms with Crippen molar-refractivity contribution in [3.05, 3.63) is 0 Å². The lowest BCUT2D eigenvalue weighted by Crippen LogP contribution is -2.15. The summed E-state index contributed by atoms with van der Waals surface area (Å²) in [5.74, 6) is 0. The maximum atomic E-state index is 5.52. The summed E-state index contributed by atoms with van der Waals surface area (Å²) in [6.07, 6.45) is 6.33. The highest BCUT2D eigenvalue weighted by atomic mass is 16.6. The molecule has 0 amide bonds. The lowest BCUT2D eigenvalue weighted by atomic mass is 10.2. The Labute approximate surface area is 159 Å². The minimum atomic E-state index is 0.543. The molecule has 0 saturated carbocycles. The summed E-state index contributed by atoms with van der Waals surface area (Å²) in [4.78, 5) is 0. The molecule has 0 bridgehead atoms. The summed E-state index contributed by atoms with van der Waals surface area (Å²) >= 11 is 0. The van der Waals surface area contributed by atoms with Crippen molar-refractivity contribution in [1.29, 1.82) is 0 Å². The lowest BCUT2D eigenvalue weighted by Gasteiger charge is -2.08. The van der Waals surface area contributed by atoms with Crippen LogP contribution in [0.3, 0.4) is 0 Å². The van der Waals surface area contributed by atoms with Gasteiger partial charge < -0.3 is 34.2 Å². The zero-order valence-electron chi connectivity index (χ0n) is 16.8. The molecule has 0 unspecified atom stereocenters. The quantitative estimate of drug-likeness (QED) is 0.272. The maximum Gasteiger partial charge on any atom is 0.0701 e. The van der Waals surface area contributed by atoms with E-state index < -0.39 is 0 Å². The summed E-state index contributed by atoms with van der Waals surface area (Å²) in [5, 5.41) is 0. The number of hydrogen-bond donors (Lipinski definition) is 1. The van der Waals surface area contributed by atoms with Crippen LogP contribution in [0.4, 0.5) is 0 Å². The highest BCUT2D eigenvalue weighted by Gasteiger charge is 1.94. The highest BCUT2D eigenvalue weighted by Crippen LogP contribution is 2.02. The molecule has 0 aromatic rings. The van der Waals surface area contributed by atoms with Crippen molar-refractivity contribution in [1.82, 2.24) is 0 Å². The van der Waals surface area contributed by atoms with Crippen molar-refractivity contribution in [2.75, 3.05) is 85.8 Å². The molecule has 158 valence electrons. The molecule has 0 aromatic heterocycles. The normalized spacial score (nSPS) is 11.3. The third-order valence-corrected chi connectivity index (χ3v) is 3.51. The Bertz CT molecular complexity index is 222. The van der Waals surface area contributed by atoms with E-state index in [0.717, 1.165) is 13.0 Å². The van der Waals surface area contributed by atoms with E-state index in [1.54, 1.807) is 0 Å². The van der Waals surface area contributed by atoms with E-state index in [4.69, 9.17) is 34.2 Å². The first-order valence-corrected chi connectivity index (χ1v) is 10.1. The van der Waals surface area contributed by atoms with Gasteiger partial charge in [0.1, 0.15) is 0 Å². The van der Waals surface area contributed by atoms with Gasteiger partial charge in [-0.05, 0) is 6.42 Å². The van der Waals surface area contributed by atoms with Gasteiger partial charge in [-0.25, -0.2) is 0 Å². The summed E-state index contributed by atoms with van der Waals surface area (Å²) in [7, 11) is 0. The Morgan fingerprint density at radius 3 is 1.15 bits per heavy atom. The van der Waals surface area contributed by atoms with Gasteiger partial charge in [0.25, 0.3) is 0 Å². The first-order valence-electron chi connectivity index (χ1n) is 10.1. The fraction of sp³-hybridized carbons (Fsp3) is 1.00. The van der Waals surface area contributed by atoms with Crippen LogP contribution in [0.5, 0.6) is 0 Å². The van der Waals surface area contributed by atoms with Gasteiger partial charge in [0.05, 0.1) is 72.7 Å². The van der Waals surface area contributed by atoms with Crippen molar-refractivity contribution in [3.63, 3.8) is 0 Å². The summed E-state index contributed by atoms with van der Waals surface area (Å²) in [5.41, 5.74) is 5.31. The van der Waals surface area contributed by atoms with Crippen LogP contribution in [0.25, 0.3) is 0 Å². The smallest absolute Gasteiger partial charge is 0.0701 e. The van der Waals surface area contributed by atoms with Crippen molar-refractivity contribution < 1.29 is 28.4 Å². The standard InChI is InChI=1S/C19H41NO6/c1-2-3-4-5-6-8-21-10-12-23-14-16-25-18-19-26-17-15-24-13-11-22-9-7-20/h2-20H2,1H3. The largest absolute Gasteiger partial charge is 0.379 e. The summed E-state index contributed by atoms with van der Waals surface area (Å²) in [6.45, 7) is 10.0. The third kappa shape index (κ3) is 23.7. The second-order valence-corrected chi connectivity index (χ2v) is 5.88. The molecule has 0 atom stereocenters. The molecule has 26 heavy (non-hydrogen) atoms. The van der Waals surface area contributed by atoms with Gasteiger partial charge >= 0.3 is 0 Å². The molecule has 0 aliphatic carbocycles. The number of rotatable bonds is 23. The second kappa shape index (κ2) is 24.7. The Hall–Kier alpha value is -0.280. The van der Waals surface area contributed by atoms with Crippen molar-refractivity contribution in [2.24, 2.45) is 5.73 Å². The molecule has 2 N–H and O–H groups in total. The second-order valence-electron chi connectivity index (χ2n) is 5.88. The number of hydrogen-bond acceptors (Lipinski definition) is 7. The van der Waals surface area contributed by atoms with E-state index in [0.29, 0.717) is 79.2 Å². The van der Waals surface area contributed by atoms with E-state index in [9.17, 15) is 0 Å². The predicted octanol–water partition coefficient (Wildman–Crippen LogP) is 2.02. The molecule has 0 rings (SSSR count). The van der Waals surface area contributed by atoms with Crippen LogP contribution in [0.15, 0.2) is 0 Å². The van der Waals surface area contributed by atoms with Crippen LogP contribution >= 0.6 is 0 Å². The van der Waals surface area contributed by atoms with Crippen molar-refractivity contribution in [2.45, 2.75) is 39.0 Å². The molecular formula is C19H41NO6. The van der Waals surface area contributed by atoms with Crippen LogP contribution in [0.1, 0.15) is 39.0 Å². The molecule has 0 aliphatic heterocycles. The van der Waals surface area contributed by atoms with Gasteiger partial charge in [-0.1, -0.05) is 32.6 Å². The lowest BCUT2D eigenvalue weighted by molar-refractivity contribution is -0.0165. The monoisotopic (exact) mass is 379 g/mol. The Morgan fingerprint density at radius 2 is 0.769 bits per heavy atom. The Balaban J connectivity index is 2.95. The minimum Gasteiger partial charge on any atom is -0.379 e. The average molecular weight is 380 g/mol. The van der Waals surface area contributed by atoms with Crippen molar-refractivity contribution in [3.8, 4) is 0 Å². The number of nitrogens with two attached hydrogens (primary N) is 1. The van der Waals surface area contributed by atoms with Crippen LogP contribution in [0, 0.1) is 0 Å². The van der Waals surface area contributed by atoms with E-state index in [1.807, 2.05) is 0 Å². The molecule has 0 heterocycles. The Kier molecular flexibility index (Phi) is 24.5. The van der Waals surface area contributed by atoms with Gasteiger partial charge in [-0.3, -0.25) is 0 Å². The van der Waals surface area contributed by atoms with Crippen LogP contribution in [0.2, 0.25) is 0 Å². The van der Waals surface area contributed by atoms with Gasteiger partial charge in [-0.15, -0.1) is 0 Å². The topological polar surface area (TPSA) is 81.4 Å². The number of ether oxygens (including phenoxy) is 6. The van der Waals surface area contributed by atoms with Gasteiger partial charge in [0.15, 0.2) is 0 Å². The van der Waals surface area contributed by atoms with Gasteiger partial charge in [0, 0.05) is 13.2 Å². The fourth-order valence-electron chi connectivity index (χ4n) is 2.09. The SMILES string of the molecule is CCCCCCCOCCOCCOCCOCCOCCOCCN. The van der Waals surface area contributed by atoms with Crippen LogP contribution in [-0.2, 0) is 28.4 Å². The summed E-state index contributed by atoms with van der Waals surface area (Å²) in [6, 6.07) is 0. The van der Waals surface area contributed by atoms with Crippen LogP contribution in [-0.4, -0.2) is 85.8 Å². The molecule has 7 heteroatoms. The molecule has 0 aliphatic rings. The zero-order valence-corrected chi connectivity index (χ0v) is 16.8. The fourth-order valence-corrected chi connectivity index (χ4v) is 2.09. The van der Waals surface area contributed by atoms with Crippen molar-refractivity contribution >= 4 is 0 Å². The molecule has 0 saturated heterocycles. The van der Waals surface area contributed by atoms with Gasteiger partial charge in [0.2, 0.25) is 0 Å². The molecule has 7 nitrogen and oxygen atoms in total. The van der Waals surface area contributed by atoms with Gasteiger partial charge in [-0.2, -0.15) is 0 Å². The maximum absolute atomic E-state index is 5.52. The molecule has 0 fully saturated rings. The molecule has 0 aromatic carbocycles. The van der Waals surface area contributed by atoms with Crippen LogP contribution < -0.4 is 5.73 Å². The molecule has 0 spiro atoms. The highest BCUT2D eigenvalue weighted by molar-refractivity contribution is 4.42. The average Bonchev–Trinajstić information content (AvgIpc) is 2.66. The van der Waals surface area contributed by atoms with E-state index >= 15 is 0 Å². The molecule has 0 radical (unpaired) electrons. The first kappa shape index (κ1) is 25.7. The Morgan fingerprint density at radius 1 is 0.423 bits per heavy atom.